The molecule has 2 aliphatic carbocycles. The quantitative estimate of drug-likeness (QED) is 0.741. The summed E-state index contributed by atoms with van der Waals surface area (Å²) in [7, 11) is 0. The Hall–Kier alpha value is -0.990. The van der Waals surface area contributed by atoms with Gasteiger partial charge in [-0.2, -0.15) is 0 Å². The smallest absolute Gasteiger partial charge is 0.0458 e. The van der Waals surface area contributed by atoms with E-state index in [1.165, 1.54) is 48.7 Å². The molecule has 1 aromatic heterocycles. The van der Waals surface area contributed by atoms with Gasteiger partial charge in [0.05, 0.1) is 0 Å². The highest BCUT2D eigenvalue weighted by Gasteiger charge is 2.15. The number of halogens is 1. The van der Waals surface area contributed by atoms with Gasteiger partial charge in [0.15, 0.2) is 0 Å². The summed E-state index contributed by atoms with van der Waals surface area (Å²) < 4.78 is 0. The van der Waals surface area contributed by atoms with Crippen LogP contribution in [-0.4, -0.2) is 11.0 Å². The van der Waals surface area contributed by atoms with E-state index in [0.29, 0.717) is 6.04 Å². The van der Waals surface area contributed by atoms with Crippen molar-refractivity contribution in [2.24, 2.45) is 5.73 Å². The van der Waals surface area contributed by atoms with Crippen LogP contribution in [0, 0.1) is 0 Å². The van der Waals surface area contributed by atoms with E-state index in [0.717, 1.165) is 0 Å². The van der Waals surface area contributed by atoms with Gasteiger partial charge in [-0.1, -0.05) is 18.2 Å². The third-order valence-corrected chi connectivity index (χ3v) is 3.38. The third-order valence-electron chi connectivity index (χ3n) is 3.38. The molecular formula is C14H19ClN2. The summed E-state index contributed by atoms with van der Waals surface area (Å²) in [5.41, 5.74) is 9.56. The number of hydrogen-bond donors (Lipinski definition) is 2. The maximum absolute atomic E-state index is 5.22. The molecule has 2 aliphatic rings. The maximum atomic E-state index is 5.22. The van der Waals surface area contributed by atoms with Gasteiger partial charge in [0.2, 0.25) is 0 Å². The van der Waals surface area contributed by atoms with Crippen LogP contribution < -0.4 is 5.73 Å². The molecule has 3 N–H and O–H groups in total. The van der Waals surface area contributed by atoms with Crippen LogP contribution in [0.4, 0.5) is 0 Å². The number of aromatic amines is 1. The first-order valence-electron chi connectivity index (χ1n) is 6.18. The minimum atomic E-state index is 0. The first-order valence-corrected chi connectivity index (χ1v) is 6.18. The normalized spacial score (nSPS) is 17.0. The highest BCUT2D eigenvalue weighted by molar-refractivity contribution is 5.85. The monoisotopic (exact) mass is 250 g/mol. The lowest BCUT2D eigenvalue weighted by Crippen LogP contribution is -1.94. The van der Waals surface area contributed by atoms with Crippen molar-refractivity contribution < 1.29 is 0 Å². The Bertz CT molecular complexity index is 500. The van der Waals surface area contributed by atoms with Gasteiger partial charge in [0, 0.05) is 22.6 Å². The van der Waals surface area contributed by atoms with E-state index in [-0.39, 0.29) is 12.4 Å². The molecule has 1 heterocycles. The van der Waals surface area contributed by atoms with E-state index in [1.807, 2.05) is 0 Å². The number of benzene rings is 1. The van der Waals surface area contributed by atoms with E-state index in [1.54, 1.807) is 5.56 Å². The van der Waals surface area contributed by atoms with Crippen molar-refractivity contribution in [1.29, 1.82) is 0 Å². The van der Waals surface area contributed by atoms with Crippen molar-refractivity contribution in [2.75, 3.05) is 0 Å². The number of nitrogens with two attached hydrogens (primary N) is 1. The van der Waals surface area contributed by atoms with E-state index < -0.39 is 0 Å². The molecule has 17 heavy (non-hydrogen) atoms. The second-order valence-corrected chi connectivity index (χ2v) is 4.82. The van der Waals surface area contributed by atoms with E-state index in [2.05, 4.69) is 29.2 Å². The summed E-state index contributed by atoms with van der Waals surface area (Å²) in [6.45, 7) is 0. The van der Waals surface area contributed by atoms with Crippen LogP contribution in [0.1, 0.15) is 30.5 Å². The fraction of sp³-hybridized carbons (Fsp3) is 0.429. The van der Waals surface area contributed by atoms with E-state index in [4.69, 9.17) is 5.73 Å². The minimum Gasteiger partial charge on any atom is -0.358 e. The van der Waals surface area contributed by atoms with Crippen LogP contribution >= 0.6 is 12.4 Å². The van der Waals surface area contributed by atoms with Gasteiger partial charge in [-0.25, -0.2) is 0 Å². The Morgan fingerprint density at radius 1 is 1.12 bits per heavy atom. The van der Waals surface area contributed by atoms with Gasteiger partial charge in [-0.15, -0.1) is 12.4 Å². The SMILES string of the molecule is Cl.NC1CC1.c1ccc2c3c([nH]c2c1)CCC3. The number of aromatic nitrogens is 1. The molecular weight excluding hydrogens is 232 g/mol. The molecule has 3 heteroatoms. The summed E-state index contributed by atoms with van der Waals surface area (Å²) in [6.07, 6.45) is 6.36. The average molecular weight is 251 g/mol. The van der Waals surface area contributed by atoms with Crippen LogP contribution in [0.25, 0.3) is 10.9 Å². The molecule has 1 saturated carbocycles. The number of aryl methyl sites for hydroxylation is 2. The highest BCUT2D eigenvalue weighted by Crippen LogP contribution is 2.29. The van der Waals surface area contributed by atoms with E-state index >= 15 is 0 Å². The molecule has 0 atom stereocenters. The molecule has 0 spiro atoms. The zero-order valence-electron chi connectivity index (χ0n) is 9.91. The summed E-state index contributed by atoms with van der Waals surface area (Å²) in [4.78, 5) is 3.48. The fourth-order valence-electron chi connectivity index (χ4n) is 2.29. The topological polar surface area (TPSA) is 41.8 Å². The molecule has 2 nitrogen and oxygen atoms in total. The number of para-hydroxylation sites is 1. The predicted molar refractivity (Wildman–Crippen MR) is 74.8 cm³/mol. The minimum absolute atomic E-state index is 0. The van der Waals surface area contributed by atoms with Crippen LogP contribution in [0.5, 0.6) is 0 Å². The Morgan fingerprint density at radius 2 is 1.82 bits per heavy atom. The van der Waals surface area contributed by atoms with Crippen LogP contribution in [0.2, 0.25) is 0 Å². The Labute approximate surface area is 108 Å². The zero-order valence-corrected chi connectivity index (χ0v) is 10.7. The molecule has 0 unspecified atom stereocenters. The average Bonchev–Trinajstić information content (AvgIpc) is 2.81. The Morgan fingerprint density at radius 3 is 2.53 bits per heavy atom. The first-order chi connectivity index (χ1) is 7.84. The second-order valence-electron chi connectivity index (χ2n) is 4.82. The first kappa shape index (κ1) is 12.5. The fourth-order valence-corrected chi connectivity index (χ4v) is 2.29. The number of hydrogen-bond acceptors (Lipinski definition) is 1. The molecule has 2 aromatic rings. The summed E-state index contributed by atoms with van der Waals surface area (Å²) in [5, 5.41) is 1.44. The highest BCUT2D eigenvalue weighted by atomic mass is 35.5. The van der Waals surface area contributed by atoms with Crippen molar-refractivity contribution in [3.8, 4) is 0 Å². The standard InChI is InChI=1S/C11H11N.C3H7N.ClH/c1-2-6-10-8(4-1)9-5-3-7-11(9)12-10;4-3-1-2-3;/h1-2,4,6,12H,3,5,7H2;3H,1-2,4H2;1H. The van der Waals surface area contributed by atoms with Gasteiger partial charge in [0.1, 0.15) is 0 Å². The molecule has 0 amide bonds. The lowest BCUT2D eigenvalue weighted by molar-refractivity contribution is 0.899. The summed E-state index contributed by atoms with van der Waals surface area (Å²) >= 11 is 0. The van der Waals surface area contributed by atoms with Gasteiger partial charge < -0.3 is 10.7 Å². The zero-order chi connectivity index (χ0) is 11.0. The molecule has 92 valence electrons. The van der Waals surface area contributed by atoms with E-state index in [9.17, 15) is 0 Å². The third kappa shape index (κ3) is 2.64. The summed E-state index contributed by atoms with van der Waals surface area (Å²) in [5.74, 6) is 0. The number of fused-ring (bicyclic) bond motifs is 3. The van der Waals surface area contributed by atoms with Crippen LogP contribution in [0.3, 0.4) is 0 Å². The summed E-state index contributed by atoms with van der Waals surface area (Å²) in [6, 6.07) is 9.17. The molecule has 1 fully saturated rings. The van der Waals surface area contributed by atoms with Crippen molar-refractivity contribution >= 4 is 23.3 Å². The van der Waals surface area contributed by atoms with Crippen molar-refractivity contribution in [3.05, 3.63) is 35.5 Å². The van der Waals surface area contributed by atoms with Crippen molar-refractivity contribution in [1.82, 2.24) is 4.98 Å². The maximum Gasteiger partial charge on any atom is 0.0458 e. The number of rotatable bonds is 0. The van der Waals surface area contributed by atoms with Crippen LogP contribution in [-0.2, 0) is 12.8 Å². The number of nitrogens with one attached hydrogen (secondary N) is 1. The lowest BCUT2D eigenvalue weighted by atomic mass is 10.1. The number of H-pyrrole nitrogens is 1. The molecule has 4 rings (SSSR count). The molecule has 1 aromatic carbocycles. The van der Waals surface area contributed by atoms with Crippen LogP contribution in [0.15, 0.2) is 24.3 Å². The molecule has 0 aliphatic heterocycles. The van der Waals surface area contributed by atoms with Gasteiger partial charge >= 0.3 is 0 Å². The molecule has 0 bridgehead atoms. The van der Waals surface area contributed by atoms with Gasteiger partial charge in [0.25, 0.3) is 0 Å². The Kier molecular flexibility index (Phi) is 3.75. The lowest BCUT2D eigenvalue weighted by Gasteiger charge is -1.90. The largest absolute Gasteiger partial charge is 0.358 e. The van der Waals surface area contributed by atoms with Gasteiger partial charge in [-0.05, 0) is 43.7 Å². The molecule has 0 saturated heterocycles. The van der Waals surface area contributed by atoms with Crippen molar-refractivity contribution in [2.45, 2.75) is 38.1 Å². The van der Waals surface area contributed by atoms with Gasteiger partial charge in [-0.3, -0.25) is 0 Å². The predicted octanol–water partition coefficient (Wildman–Crippen LogP) is 3.19. The molecule has 0 radical (unpaired) electrons. The second kappa shape index (κ2) is 5.11. The Balaban J connectivity index is 0.000000186. The van der Waals surface area contributed by atoms with Crippen molar-refractivity contribution in [3.63, 3.8) is 0 Å².